The fourth-order valence-electron chi connectivity index (χ4n) is 8.21. The first kappa shape index (κ1) is 36.9. The van der Waals surface area contributed by atoms with E-state index >= 15 is 0 Å². The molecule has 0 saturated heterocycles. The van der Waals surface area contributed by atoms with Gasteiger partial charge in [0.25, 0.3) is 0 Å². The summed E-state index contributed by atoms with van der Waals surface area (Å²) in [6.45, 7) is 26.9. The minimum atomic E-state index is 1.22. The summed E-state index contributed by atoms with van der Waals surface area (Å²) in [5, 5.41) is 0. The summed E-state index contributed by atoms with van der Waals surface area (Å²) in [5.41, 5.74) is 31.1. The molecule has 0 unspecified atom stereocenters. The highest BCUT2D eigenvalue weighted by atomic mass is 14.2. The maximum absolute atomic E-state index is 2.45. The molecule has 0 spiro atoms. The average Bonchev–Trinajstić information content (AvgIpc) is 3.15. The molecule has 0 aliphatic heterocycles. The lowest BCUT2D eigenvalue weighted by Gasteiger charge is -2.20. The SMILES string of the molecule is Cc1cc(-c2cc(-c3cc(-c4ccccc4)cc(-c4cc(C)c(-c5cc(C)c(C)c(C)c5)c(-c5cc(C)c(C)c(C)c5)c4)c3)cc(C)c2C)cc(C)c1C. The summed E-state index contributed by atoms with van der Waals surface area (Å²) < 4.78 is 0. The van der Waals surface area contributed by atoms with Gasteiger partial charge in [0.05, 0.1) is 0 Å². The van der Waals surface area contributed by atoms with Crippen LogP contribution in [-0.2, 0) is 0 Å². The van der Waals surface area contributed by atoms with Gasteiger partial charge in [0, 0.05) is 0 Å². The van der Waals surface area contributed by atoms with Crippen molar-refractivity contribution in [3.63, 3.8) is 0 Å². The van der Waals surface area contributed by atoms with Crippen molar-refractivity contribution < 1.29 is 0 Å². The van der Waals surface area contributed by atoms with Crippen molar-refractivity contribution >= 4 is 0 Å². The fraction of sp³-hybridized carbons (Fsp3) is 0.222. The van der Waals surface area contributed by atoms with Crippen molar-refractivity contribution in [3.8, 4) is 66.8 Å². The van der Waals surface area contributed by atoms with Gasteiger partial charge in [-0.2, -0.15) is 0 Å². The van der Waals surface area contributed by atoms with Gasteiger partial charge in [0.2, 0.25) is 0 Å². The van der Waals surface area contributed by atoms with Crippen LogP contribution in [-0.4, -0.2) is 0 Å². The van der Waals surface area contributed by atoms with Crippen molar-refractivity contribution in [2.45, 2.75) is 83.1 Å². The molecule has 0 bridgehead atoms. The van der Waals surface area contributed by atoms with E-state index in [2.05, 4.69) is 192 Å². The van der Waals surface area contributed by atoms with Crippen LogP contribution >= 0.6 is 0 Å². The molecule has 0 aromatic heterocycles. The smallest absolute Gasteiger partial charge is 0.00755 e. The van der Waals surface area contributed by atoms with Crippen LogP contribution in [0.1, 0.15) is 66.8 Å². The summed E-state index contributed by atoms with van der Waals surface area (Å²) in [5.74, 6) is 0. The Morgan fingerprint density at radius 1 is 0.222 bits per heavy atom. The molecule has 0 heterocycles. The molecule has 7 aromatic carbocycles. The maximum Gasteiger partial charge on any atom is -0.00755 e. The molecular formula is C54H54. The van der Waals surface area contributed by atoms with Crippen molar-refractivity contribution in [1.82, 2.24) is 0 Å². The summed E-state index contributed by atoms with van der Waals surface area (Å²) in [4.78, 5) is 0. The first-order valence-corrected chi connectivity index (χ1v) is 19.4. The molecule has 7 aromatic rings. The molecule has 54 heavy (non-hydrogen) atoms. The van der Waals surface area contributed by atoms with Gasteiger partial charge < -0.3 is 0 Å². The molecule has 270 valence electrons. The molecule has 0 radical (unpaired) electrons. The molecule has 0 nitrogen and oxygen atoms in total. The van der Waals surface area contributed by atoms with Crippen molar-refractivity contribution in [2.24, 2.45) is 0 Å². The molecule has 0 N–H and O–H groups in total. The molecule has 0 atom stereocenters. The van der Waals surface area contributed by atoms with E-state index in [4.69, 9.17) is 0 Å². The largest absolute Gasteiger partial charge is 0.0622 e. The van der Waals surface area contributed by atoms with E-state index < -0.39 is 0 Å². The van der Waals surface area contributed by atoms with Gasteiger partial charge in [-0.25, -0.2) is 0 Å². The lowest BCUT2D eigenvalue weighted by Crippen LogP contribution is -1.97. The third-order valence-corrected chi connectivity index (χ3v) is 12.4. The predicted octanol–water partition coefficient (Wildman–Crippen LogP) is 15.4. The van der Waals surface area contributed by atoms with Gasteiger partial charge in [-0.15, -0.1) is 0 Å². The van der Waals surface area contributed by atoms with Crippen molar-refractivity contribution in [2.75, 3.05) is 0 Å². The molecule has 0 saturated carbocycles. The van der Waals surface area contributed by atoms with Crippen LogP contribution < -0.4 is 0 Å². The molecular weight excluding hydrogens is 649 g/mol. The Hall–Kier alpha value is -5.46. The molecule has 0 heteroatoms. The minimum Gasteiger partial charge on any atom is -0.0622 e. The van der Waals surface area contributed by atoms with Crippen LogP contribution in [0.15, 0.2) is 109 Å². The second-order valence-corrected chi connectivity index (χ2v) is 16.1. The number of hydrogen-bond acceptors (Lipinski definition) is 0. The third-order valence-electron chi connectivity index (χ3n) is 12.4. The van der Waals surface area contributed by atoms with E-state index in [1.165, 1.54) is 134 Å². The van der Waals surface area contributed by atoms with Crippen LogP contribution in [0.3, 0.4) is 0 Å². The highest BCUT2D eigenvalue weighted by Gasteiger charge is 2.18. The van der Waals surface area contributed by atoms with Gasteiger partial charge in [-0.1, -0.05) is 78.9 Å². The third kappa shape index (κ3) is 6.87. The van der Waals surface area contributed by atoms with Crippen LogP contribution in [0.25, 0.3) is 66.8 Å². The van der Waals surface area contributed by atoms with E-state index in [0.717, 1.165) is 0 Å². The topological polar surface area (TPSA) is 0 Å². The highest BCUT2D eigenvalue weighted by Crippen LogP contribution is 2.43. The lowest BCUT2D eigenvalue weighted by atomic mass is 9.84. The minimum absolute atomic E-state index is 1.22. The predicted molar refractivity (Wildman–Crippen MR) is 236 cm³/mol. The Kier molecular flexibility index (Phi) is 9.84. The van der Waals surface area contributed by atoms with Crippen LogP contribution in [0.2, 0.25) is 0 Å². The zero-order chi connectivity index (χ0) is 38.6. The van der Waals surface area contributed by atoms with Gasteiger partial charge in [-0.05, 0) is 247 Å². The Balaban J connectivity index is 1.49. The van der Waals surface area contributed by atoms with Gasteiger partial charge in [0.1, 0.15) is 0 Å². The van der Waals surface area contributed by atoms with Crippen molar-refractivity contribution in [1.29, 1.82) is 0 Å². The number of hydrogen-bond donors (Lipinski definition) is 0. The van der Waals surface area contributed by atoms with Crippen LogP contribution in [0.4, 0.5) is 0 Å². The van der Waals surface area contributed by atoms with E-state index in [1.807, 2.05) is 0 Å². The highest BCUT2D eigenvalue weighted by molar-refractivity contribution is 5.92. The normalized spacial score (nSPS) is 11.3. The first-order chi connectivity index (χ1) is 25.7. The molecule has 0 aliphatic carbocycles. The van der Waals surface area contributed by atoms with E-state index in [0.29, 0.717) is 0 Å². The Bertz CT molecular complexity index is 2520. The summed E-state index contributed by atoms with van der Waals surface area (Å²) >= 11 is 0. The Labute approximate surface area is 324 Å². The van der Waals surface area contributed by atoms with Gasteiger partial charge in [-0.3, -0.25) is 0 Å². The molecule has 0 amide bonds. The zero-order valence-corrected chi connectivity index (χ0v) is 34.4. The lowest BCUT2D eigenvalue weighted by molar-refractivity contribution is 1.26. The summed E-state index contributed by atoms with van der Waals surface area (Å²) in [6.07, 6.45) is 0. The van der Waals surface area contributed by atoms with Gasteiger partial charge >= 0.3 is 0 Å². The monoisotopic (exact) mass is 702 g/mol. The van der Waals surface area contributed by atoms with Crippen molar-refractivity contribution in [3.05, 3.63) is 176 Å². The van der Waals surface area contributed by atoms with Crippen LogP contribution in [0.5, 0.6) is 0 Å². The second-order valence-electron chi connectivity index (χ2n) is 16.1. The second kappa shape index (κ2) is 14.4. The molecule has 7 rings (SSSR count). The number of aryl methyl sites for hydroxylation is 8. The maximum atomic E-state index is 2.45. The Morgan fingerprint density at radius 2 is 0.537 bits per heavy atom. The molecule has 0 fully saturated rings. The summed E-state index contributed by atoms with van der Waals surface area (Å²) in [7, 11) is 0. The number of benzene rings is 7. The first-order valence-electron chi connectivity index (χ1n) is 19.4. The summed E-state index contributed by atoms with van der Waals surface area (Å²) in [6, 6.07) is 41.9. The van der Waals surface area contributed by atoms with E-state index in [1.54, 1.807) is 0 Å². The molecule has 0 aliphatic rings. The standard InChI is InChI=1S/C54H54/c1-31-19-49(20-32(2)39(31)9)52-29-44(18-37(7)42(52)12)47-26-46(43-16-14-13-15-17-43)27-48(28-47)45-25-38(8)54(51-23-35(5)41(11)36(6)24-51)53(30-45)50-21-33(3)40(10)34(4)22-50/h13-30H,1-12H3. The van der Waals surface area contributed by atoms with Crippen LogP contribution in [0, 0.1) is 83.1 Å². The zero-order valence-electron chi connectivity index (χ0n) is 34.4. The van der Waals surface area contributed by atoms with Gasteiger partial charge in [0.15, 0.2) is 0 Å². The van der Waals surface area contributed by atoms with E-state index in [-0.39, 0.29) is 0 Å². The Morgan fingerprint density at radius 3 is 1.00 bits per heavy atom. The van der Waals surface area contributed by atoms with E-state index in [9.17, 15) is 0 Å². The fourth-order valence-corrected chi connectivity index (χ4v) is 8.21. The quantitative estimate of drug-likeness (QED) is 0.162. The average molecular weight is 703 g/mol. The number of rotatable bonds is 6.